The highest BCUT2D eigenvalue weighted by Crippen LogP contribution is 2.34. The van der Waals surface area contributed by atoms with E-state index in [-0.39, 0.29) is 18.7 Å². The Balaban J connectivity index is 2.33. The molecule has 0 aliphatic carbocycles. The smallest absolute Gasteiger partial charge is 0.407 e. The highest BCUT2D eigenvalue weighted by atomic mass is 19.1. The average molecular weight is 253 g/mol. The van der Waals surface area contributed by atoms with Crippen molar-refractivity contribution in [2.75, 3.05) is 13.1 Å². The molecule has 5 nitrogen and oxygen atoms in total. The van der Waals surface area contributed by atoms with Gasteiger partial charge in [0.05, 0.1) is 5.92 Å². The molecule has 0 spiro atoms. The van der Waals surface area contributed by atoms with Gasteiger partial charge in [-0.3, -0.25) is 4.79 Å². The van der Waals surface area contributed by atoms with Gasteiger partial charge in [0.25, 0.3) is 0 Å². The molecule has 1 aromatic rings. The first-order valence-corrected chi connectivity index (χ1v) is 5.46. The second-order valence-corrected chi connectivity index (χ2v) is 4.26. The molecule has 1 heterocycles. The van der Waals surface area contributed by atoms with Crippen molar-refractivity contribution in [1.29, 1.82) is 0 Å². The lowest BCUT2D eigenvalue weighted by Crippen LogP contribution is -2.28. The minimum absolute atomic E-state index is 0.00718. The Morgan fingerprint density at radius 2 is 1.89 bits per heavy atom. The number of hydrogen-bond acceptors (Lipinski definition) is 2. The Morgan fingerprint density at radius 1 is 1.22 bits per heavy atom. The van der Waals surface area contributed by atoms with Crippen LogP contribution in [0.5, 0.6) is 0 Å². The van der Waals surface area contributed by atoms with Gasteiger partial charge in [0.15, 0.2) is 0 Å². The van der Waals surface area contributed by atoms with E-state index in [2.05, 4.69) is 0 Å². The van der Waals surface area contributed by atoms with Crippen LogP contribution in [0.4, 0.5) is 9.18 Å². The molecule has 0 aromatic heterocycles. The Bertz CT molecular complexity index is 491. The monoisotopic (exact) mass is 253 g/mol. The molecule has 0 radical (unpaired) electrons. The first-order chi connectivity index (χ1) is 8.50. The fraction of sp³-hybridized carbons (Fsp3) is 0.333. The van der Waals surface area contributed by atoms with Crippen molar-refractivity contribution in [1.82, 2.24) is 4.90 Å². The summed E-state index contributed by atoms with van der Waals surface area (Å²) in [6.07, 6.45) is -1.18. The predicted molar refractivity (Wildman–Crippen MR) is 59.9 cm³/mol. The third-order valence-corrected chi connectivity index (χ3v) is 3.21. The second-order valence-electron chi connectivity index (χ2n) is 4.26. The molecule has 1 saturated heterocycles. The van der Waals surface area contributed by atoms with Gasteiger partial charge in [-0.05, 0) is 11.6 Å². The van der Waals surface area contributed by atoms with Gasteiger partial charge >= 0.3 is 12.1 Å². The minimum atomic E-state index is -1.18. The van der Waals surface area contributed by atoms with Crippen LogP contribution in [-0.4, -0.2) is 40.3 Å². The molecule has 2 N–H and O–H groups in total. The van der Waals surface area contributed by atoms with Gasteiger partial charge in [-0.2, -0.15) is 0 Å². The number of benzene rings is 1. The van der Waals surface area contributed by atoms with Gasteiger partial charge in [-0.25, -0.2) is 9.18 Å². The summed E-state index contributed by atoms with van der Waals surface area (Å²) < 4.78 is 13.6. The number of rotatable bonds is 2. The molecule has 0 saturated carbocycles. The lowest BCUT2D eigenvalue weighted by molar-refractivity contribution is -0.141. The van der Waals surface area contributed by atoms with Crippen LogP contribution in [0, 0.1) is 11.7 Å². The van der Waals surface area contributed by atoms with Gasteiger partial charge in [0.2, 0.25) is 0 Å². The van der Waals surface area contributed by atoms with Crippen molar-refractivity contribution >= 4 is 12.1 Å². The zero-order valence-electron chi connectivity index (χ0n) is 9.41. The molecule has 0 bridgehead atoms. The summed E-state index contributed by atoms with van der Waals surface area (Å²) in [6.45, 7) is -0.100. The third-order valence-electron chi connectivity index (χ3n) is 3.21. The lowest BCUT2D eigenvalue weighted by atomic mass is 9.89. The van der Waals surface area contributed by atoms with Crippen molar-refractivity contribution in [2.24, 2.45) is 5.92 Å². The first kappa shape index (κ1) is 12.3. The van der Waals surface area contributed by atoms with E-state index in [9.17, 15) is 14.0 Å². The molecule has 1 aliphatic rings. The second kappa shape index (κ2) is 4.64. The van der Waals surface area contributed by atoms with Gasteiger partial charge in [0, 0.05) is 19.0 Å². The molecule has 96 valence electrons. The third kappa shape index (κ3) is 2.13. The average Bonchev–Trinajstić information content (AvgIpc) is 2.74. The minimum Gasteiger partial charge on any atom is -0.481 e. The van der Waals surface area contributed by atoms with Crippen LogP contribution in [0.25, 0.3) is 0 Å². The number of nitrogens with zero attached hydrogens (tertiary/aromatic N) is 1. The van der Waals surface area contributed by atoms with Crippen LogP contribution in [0.3, 0.4) is 0 Å². The molecule has 1 aromatic carbocycles. The maximum atomic E-state index is 13.6. The number of carboxylic acid groups (broad SMARTS) is 2. The number of carbonyl (C=O) groups is 2. The summed E-state index contributed by atoms with van der Waals surface area (Å²) in [5.74, 6) is -3.15. The molecule has 2 rings (SSSR count). The quantitative estimate of drug-likeness (QED) is 0.839. The molecular weight excluding hydrogens is 241 g/mol. The Hall–Kier alpha value is -2.11. The number of halogens is 1. The van der Waals surface area contributed by atoms with Crippen LogP contribution in [0.15, 0.2) is 24.3 Å². The van der Waals surface area contributed by atoms with Gasteiger partial charge < -0.3 is 15.1 Å². The van der Waals surface area contributed by atoms with E-state index in [0.717, 1.165) is 4.90 Å². The normalized spacial score (nSPS) is 23.1. The standard InChI is InChI=1S/C12H12FNO4/c13-10-4-2-1-3-7(10)8-5-14(12(17)18)6-9(8)11(15)16/h1-4,8-9H,5-6H2,(H,15,16)(H,17,18). The van der Waals surface area contributed by atoms with Crippen LogP contribution in [-0.2, 0) is 4.79 Å². The molecule has 1 fully saturated rings. The largest absolute Gasteiger partial charge is 0.481 e. The summed E-state index contributed by atoms with van der Waals surface area (Å²) in [5.41, 5.74) is 0.258. The number of amides is 1. The van der Waals surface area contributed by atoms with Crippen molar-refractivity contribution in [3.8, 4) is 0 Å². The van der Waals surface area contributed by atoms with E-state index in [1.54, 1.807) is 6.07 Å². The van der Waals surface area contributed by atoms with Gasteiger partial charge in [0.1, 0.15) is 5.82 Å². The maximum absolute atomic E-state index is 13.6. The number of likely N-dealkylation sites (tertiary alicyclic amines) is 1. The van der Waals surface area contributed by atoms with Crippen LogP contribution >= 0.6 is 0 Å². The van der Waals surface area contributed by atoms with Crippen LogP contribution in [0.2, 0.25) is 0 Å². The molecule has 18 heavy (non-hydrogen) atoms. The van der Waals surface area contributed by atoms with Crippen molar-refractivity contribution in [2.45, 2.75) is 5.92 Å². The van der Waals surface area contributed by atoms with Gasteiger partial charge in [-0.15, -0.1) is 0 Å². The maximum Gasteiger partial charge on any atom is 0.407 e. The highest BCUT2D eigenvalue weighted by molar-refractivity contribution is 5.75. The Morgan fingerprint density at radius 3 is 2.44 bits per heavy atom. The molecule has 6 heteroatoms. The number of carboxylic acids is 1. The van der Waals surface area contributed by atoms with E-state index in [0.29, 0.717) is 0 Å². The zero-order chi connectivity index (χ0) is 13.3. The lowest BCUT2D eigenvalue weighted by Gasteiger charge is -2.15. The topological polar surface area (TPSA) is 77.8 Å². The summed E-state index contributed by atoms with van der Waals surface area (Å²) in [7, 11) is 0. The molecule has 2 unspecified atom stereocenters. The Kier molecular flexibility index (Phi) is 3.18. The van der Waals surface area contributed by atoms with Crippen molar-refractivity contribution in [3.05, 3.63) is 35.6 Å². The first-order valence-electron chi connectivity index (χ1n) is 5.46. The summed E-state index contributed by atoms with van der Waals surface area (Å²) in [4.78, 5) is 23.0. The van der Waals surface area contributed by atoms with Crippen LogP contribution < -0.4 is 0 Å². The summed E-state index contributed by atoms with van der Waals surface area (Å²) in [5, 5.41) is 18.0. The SMILES string of the molecule is O=C(O)C1CN(C(=O)O)CC1c1ccccc1F. The summed E-state index contributed by atoms with van der Waals surface area (Å²) >= 11 is 0. The van der Waals surface area contributed by atoms with E-state index in [1.807, 2.05) is 0 Å². The van der Waals surface area contributed by atoms with Crippen LogP contribution in [0.1, 0.15) is 11.5 Å². The zero-order valence-corrected chi connectivity index (χ0v) is 9.41. The van der Waals surface area contributed by atoms with E-state index in [4.69, 9.17) is 10.2 Å². The molecule has 1 aliphatic heterocycles. The van der Waals surface area contributed by atoms with Crippen molar-refractivity contribution in [3.63, 3.8) is 0 Å². The van der Waals surface area contributed by atoms with E-state index < -0.39 is 29.7 Å². The van der Waals surface area contributed by atoms with E-state index in [1.165, 1.54) is 18.2 Å². The van der Waals surface area contributed by atoms with Crippen molar-refractivity contribution < 1.29 is 24.2 Å². The highest BCUT2D eigenvalue weighted by Gasteiger charge is 2.41. The molecular formula is C12H12FNO4. The van der Waals surface area contributed by atoms with Gasteiger partial charge in [-0.1, -0.05) is 18.2 Å². The number of aliphatic carboxylic acids is 1. The number of hydrogen-bond donors (Lipinski definition) is 2. The fourth-order valence-corrected chi connectivity index (χ4v) is 2.30. The Labute approximate surface area is 102 Å². The molecule has 1 amide bonds. The summed E-state index contributed by atoms with van der Waals surface area (Å²) in [6, 6.07) is 5.87. The van der Waals surface area contributed by atoms with E-state index >= 15 is 0 Å². The predicted octanol–water partition coefficient (Wildman–Crippen LogP) is 1.60. The fourth-order valence-electron chi connectivity index (χ4n) is 2.30. The molecule has 2 atom stereocenters.